The second-order valence-electron chi connectivity index (χ2n) is 9.88. The molecule has 9 heteroatoms. The number of carbonyl (C=O) groups excluding carboxylic acids is 1. The number of pyridine rings is 1. The number of aromatic amines is 1. The van der Waals surface area contributed by atoms with Gasteiger partial charge >= 0.3 is 0 Å². The molecule has 2 aromatic heterocycles. The highest BCUT2D eigenvalue weighted by Gasteiger charge is 2.12. The molecule has 8 nitrogen and oxygen atoms in total. The van der Waals surface area contributed by atoms with Gasteiger partial charge in [-0.05, 0) is 60.9 Å². The van der Waals surface area contributed by atoms with E-state index in [0.29, 0.717) is 24.6 Å². The number of para-hydroxylation sites is 1. The van der Waals surface area contributed by atoms with Gasteiger partial charge in [-0.15, -0.1) is 0 Å². The number of rotatable bonds is 12. The minimum atomic E-state index is -0.190. The summed E-state index contributed by atoms with van der Waals surface area (Å²) in [4.78, 5) is 32.3. The average Bonchev–Trinajstić information content (AvgIpc) is 3.55. The second kappa shape index (κ2) is 14.9. The van der Waals surface area contributed by atoms with Crippen molar-refractivity contribution in [3.8, 4) is 0 Å². The maximum Gasteiger partial charge on any atom is 0.257 e. The van der Waals surface area contributed by atoms with Gasteiger partial charge in [0.15, 0.2) is 5.96 Å². The van der Waals surface area contributed by atoms with Crippen LogP contribution in [0.5, 0.6) is 0 Å². The van der Waals surface area contributed by atoms with Crippen LogP contribution in [0.1, 0.15) is 34.6 Å². The number of aromatic nitrogens is 3. The molecule has 0 saturated heterocycles. The molecule has 214 valence electrons. The van der Waals surface area contributed by atoms with Crippen molar-refractivity contribution in [1.29, 1.82) is 0 Å². The molecule has 42 heavy (non-hydrogen) atoms. The minimum absolute atomic E-state index is 0.190. The summed E-state index contributed by atoms with van der Waals surface area (Å²) in [5.74, 6) is 2.16. The van der Waals surface area contributed by atoms with Crippen LogP contribution in [0, 0.1) is 0 Å². The molecule has 0 saturated carbocycles. The number of benzene rings is 3. The summed E-state index contributed by atoms with van der Waals surface area (Å²) in [6.45, 7) is 2.68. The highest BCUT2D eigenvalue weighted by molar-refractivity contribution is 9.10. The molecule has 0 bridgehead atoms. The third-order valence-corrected chi connectivity index (χ3v) is 7.28. The number of hydrogen-bond donors (Lipinski definition) is 3. The van der Waals surface area contributed by atoms with Crippen LogP contribution in [-0.4, -0.2) is 46.5 Å². The molecule has 3 N–H and O–H groups in total. The first-order chi connectivity index (χ1) is 20.6. The third kappa shape index (κ3) is 8.50. The lowest BCUT2D eigenvalue weighted by Crippen LogP contribution is -2.41. The summed E-state index contributed by atoms with van der Waals surface area (Å²) in [7, 11) is 0. The van der Waals surface area contributed by atoms with Crippen molar-refractivity contribution in [3.63, 3.8) is 0 Å². The van der Waals surface area contributed by atoms with E-state index in [1.54, 1.807) is 18.3 Å². The summed E-state index contributed by atoms with van der Waals surface area (Å²) in [5, 5.41) is 7.39. The van der Waals surface area contributed by atoms with Crippen LogP contribution in [0.2, 0.25) is 0 Å². The first-order valence-corrected chi connectivity index (χ1v) is 14.9. The van der Waals surface area contributed by atoms with E-state index in [9.17, 15) is 4.79 Å². The largest absolute Gasteiger partial charge is 0.356 e. The number of carbonyl (C=O) groups is 1. The van der Waals surface area contributed by atoms with E-state index in [-0.39, 0.29) is 5.91 Å². The molecular formula is C33H34BrN7O. The molecule has 1 amide bonds. The van der Waals surface area contributed by atoms with Gasteiger partial charge in [-0.2, -0.15) is 0 Å². The quantitative estimate of drug-likeness (QED) is 0.0883. The summed E-state index contributed by atoms with van der Waals surface area (Å²) >= 11 is 3.53. The maximum absolute atomic E-state index is 12.9. The van der Waals surface area contributed by atoms with Crippen molar-refractivity contribution >= 4 is 44.5 Å². The average molecular weight is 625 g/mol. The van der Waals surface area contributed by atoms with Gasteiger partial charge in [0.1, 0.15) is 11.6 Å². The van der Waals surface area contributed by atoms with Crippen LogP contribution >= 0.6 is 15.9 Å². The number of halogens is 1. The van der Waals surface area contributed by atoms with Crippen molar-refractivity contribution in [2.45, 2.75) is 25.8 Å². The number of imidazole rings is 1. The molecule has 0 radical (unpaired) electrons. The van der Waals surface area contributed by atoms with Gasteiger partial charge in [-0.3, -0.25) is 15.1 Å². The van der Waals surface area contributed by atoms with E-state index in [4.69, 9.17) is 9.98 Å². The zero-order chi connectivity index (χ0) is 29.0. The minimum Gasteiger partial charge on any atom is -0.356 e. The fourth-order valence-electron chi connectivity index (χ4n) is 4.57. The molecule has 0 fully saturated rings. The van der Waals surface area contributed by atoms with E-state index < -0.39 is 0 Å². The van der Waals surface area contributed by atoms with Gasteiger partial charge in [0, 0.05) is 60.4 Å². The lowest BCUT2D eigenvalue weighted by molar-refractivity contribution is 0.0975. The topological polar surface area (TPSA) is 98.3 Å². The molecule has 0 atom stereocenters. The van der Waals surface area contributed by atoms with E-state index in [1.165, 1.54) is 5.56 Å². The lowest BCUT2D eigenvalue weighted by atomic mass is 10.2. The number of guanidine groups is 1. The van der Waals surface area contributed by atoms with E-state index in [2.05, 4.69) is 83.9 Å². The number of fused-ring (bicyclic) bond motifs is 1. The van der Waals surface area contributed by atoms with E-state index in [0.717, 1.165) is 59.4 Å². The molecular weight excluding hydrogens is 590 g/mol. The van der Waals surface area contributed by atoms with Crippen molar-refractivity contribution in [3.05, 3.63) is 125 Å². The normalized spacial score (nSPS) is 11.4. The second-order valence-corrected chi connectivity index (χ2v) is 10.8. The summed E-state index contributed by atoms with van der Waals surface area (Å²) in [6, 6.07) is 29.9. The fourth-order valence-corrected chi connectivity index (χ4v) is 4.84. The van der Waals surface area contributed by atoms with Crippen LogP contribution in [0.25, 0.3) is 10.9 Å². The van der Waals surface area contributed by atoms with Crippen LogP contribution in [0.4, 0.5) is 5.82 Å². The van der Waals surface area contributed by atoms with Gasteiger partial charge in [0.05, 0.1) is 5.52 Å². The van der Waals surface area contributed by atoms with Crippen LogP contribution in [0.15, 0.2) is 113 Å². The Balaban J connectivity index is 1.25. The molecule has 0 aliphatic rings. The number of hydrogen-bond acceptors (Lipinski definition) is 5. The Kier molecular flexibility index (Phi) is 10.3. The smallest absolute Gasteiger partial charge is 0.257 e. The van der Waals surface area contributed by atoms with Crippen molar-refractivity contribution < 1.29 is 4.79 Å². The molecule has 5 rings (SSSR count). The first kappa shape index (κ1) is 29.0. The number of amides is 1. The van der Waals surface area contributed by atoms with Gasteiger partial charge in [0.2, 0.25) is 0 Å². The van der Waals surface area contributed by atoms with Crippen LogP contribution < -0.4 is 15.5 Å². The van der Waals surface area contributed by atoms with E-state index in [1.807, 2.05) is 42.6 Å². The summed E-state index contributed by atoms with van der Waals surface area (Å²) in [6.07, 6.45) is 6.02. The first-order valence-electron chi connectivity index (χ1n) is 14.1. The van der Waals surface area contributed by atoms with Gasteiger partial charge < -0.3 is 15.2 Å². The molecule has 0 unspecified atom stereocenters. The van der Waals surface area contributed by atoms with Gasteiger partial charge in [-0.1, -0.05) is 64.5 Å². The van der Waals surface area contributed by atoms with Crippen molar-refractivity contribution in [1.82, 2.24) is 25.6 Å². The van der Waals surface area contributed by atoms with Crippen molar-refractivity contribution in [2.75, 3.05) is 24.5 Å². The Labute approximate surface area is 254 Å². The highest BCUT2D eigenvalue weighted by atomic mass is 79.9. The Morgan fingerprint density at radius 2 is 1.74 bits per heavy atom. The lowest BCUT2D eigenvalue weighted by Gasteiger charge is -2.24. The molecule has 0 spiro atoms. The summed E-state index contributed by atoms with van der Waals surface area (Å²) in [5.41, 5.74) is 2.76. The Morgan fingerprint density at radius 1 is 0.929 bits per heavy atom. The molecule has 2 heterocycles. The monoisotopic (exact) mass is 623 g/mol. The Morgan fingerprint density at radius 3 is 2.55 bits per heavy atom. The van der Waals surface area contributed by atoms with Crippen LogP contribution in [0.3, 0.4) is 0 Å². The number of aliphatic imine (C=N–C) groups is 1. The number of aryl methyl sites for hydroxylation is 1. The van der Waals surface area contributed by atoms with E-state index >= 15 is 0 Å². The molecule has 5 aromatic rings. The van der Waals surface area contributed by atoms with Crippen LogP contribution in [-0.2, 0) is 13.0 Å². The Bertz CT molecular complexity index is 1590. The predicted molar refractivity (Wildman–Crippen MR) is 173 cm³/mol. The number of anilines is 1. The third-order valence-electron chi connectivity index (χ3n) is 6.76. The fraction of sp³-hybridized carbons (Fsp3) is 0.212. The number of H-pyrrole nitrogens is 1. The maximum atomic E-state index is 12.9. The van der Waals surface area contributed by atoms with Gasteiger partial charge in [0.25, 0.3) is 5.91 Å². The molecule has 0 aliphatic carbocycles. The summed E-state index contributed by atoms with van der Waals surface area (Å²) < 4.78 is 1.05. The number of nitrogens with one attached hydrogen (secondary N) is 3. The standard InChI is InChI=1S/C33H34BrN7O/c34-28-16-13-25(14-17-28)24-41(31-18-15-26-8-4-5-11-29(26)39-31)23-7-20-38-33(37-19-6-12-30-35-21-22-36-30)40-32(42)27-9-2-1-3-10-27/h1-5,8-11,13-18,21-22H,6-7,12,19-20,23-24H2,(H,35,36)(H2,37,38,40,42). The highest BCUT2D eigenvalue weighted by Crippen LogP contribution is 2.21. The molecule has 0 aliphatic heterocycles. The Hall–Kier alpha value is -4.50. The zero-order valence-electron chi connectivity index (χ0n) is 23.3. The van der Waals surface area contributed by atoms with Crippen molar-refractivity contribution in [2.24, 2.45) is 4.99 Å². The predicted octanol–water partition coefficient (Wildman–Crippen LogP) is 6.13. The zero-order valence-corrected chi connectivity index (χ0v) is 24.9. The SMILES string of the molecule is O=C(NC(=NCCCN(Cc1ccc(Br)cc1)c1ccc2ccccc2n1)NCCCc1ncc[nH]1)c1ccccc1. The number of nitrogens with zero attached hydrogens (tertiary/aromatic N) is 4. The molecule has 3 aromatic carbocycles. The van der Waals surface area contributed by atoms with Gasteiger partial charge in [-0.25, -0.2) is 9.97 Å².